The Balaban J connectivity index is 0.00000171. The molecule has 2 aromatic rings. The number of carbonyl (C=O) groups excluding carboxylic acids is 1. The van der Waals surface area contributed by atoms with E-state index in [2.05, 4.69) is 46.6 Å². The van der Waals surface area contributed by atoms with Gasteiger partial charge in [0, 0.05) is 56.8 Å². The summed E-state index contributed by atoms with van der Waals surface area (Å²) in [5, 5.41) is 11.1. The van der Waals surface area contributed by atoms with Crippen molar-refractivity contribution in [3.63, 3.8) is 0 Å². The van der Waals surface area contributed by atoms with Crippen LogP contribution in [0.15, 0.2) is 48.5 Å². The number of anilines is 3. The van der Waals surface area contributed by atoms with Gasteiger partial charge in [0.1, 0.15) is 0 Å². The molecule has 2 aliphatic rings. The first-order valence-electron chi connectivity index (χ1n) is 10.8. The van der Waals surface area contributed by atoms with E-state index in [1.807, 2.05) is 17.0 Å². The van der Waals surface area contributed by atoms with Crippen molar-refractivity contribution in [2.75, 3.05) is 34.8 Å². The highest BCUT2D eigenvalue weighted by Crippen LogP contribution is 2.27. The van der Waals surface area contributed by atoms with Gasteiger partial charge in [-0.3, -0.25) is 4.79 Å². The molecule has 162 valence electrons. The molecule has 1 amide bonds. The number of carbonyl (C=O) groups is 1. The molecule has 2 aromatic carbocycles. The third kappa shape index (κ3) is 5.02. The van der Waals surface area contributed by atoms with Gasteiger partial charge in [0.05, 0.1) is 0 Å². The van der Waals surface area contributed by atoms with Gasteiger partial charge < -0.3 is 20.5 Å². The summed E-state index contributed by atoms with van der Waals surface area (Å²) in [6, 6.07) is 17.0. The minimum Gasteiger partial charge on any atom is -0.383 e. The standard InChI is InChI=1S/C24H30N4O.CH4.H2/c25-17-19-6-5-8-22(16-19)27-14-3-1-7-23(27)18-26-20-10-12-21(13-11-20)28-15-4-2-9-24(28)29;;/h5-6,8,10-13,16-17,23,25-26H,1-4,7,9,14-15,18H2;1H4;1H. The summed E-state index contributed by atoms with van der Waals surface area (Å²) in [5.41, 5.74) is 4.25. The first kappa shape index (κ1) is 21.9. The second-order valence-corrected chi connectivity index (χ2v) is 8.01. The van der Waals surface area contributed by atoms with Crippen molar-refractivity contribution >= 4 is 29.2 Å². The maximum Gasteiger partial charge on any atom is 0.226 e. The smallest absolute Gasteiger partial charge is 0.226 e. The molecule has 2 fully saturated rings. The molecule has 2 N–H and O–H groups in total. The van der Waals surface area contributed by atoms with Crippen LogP contribution in [0.4, 0.5) is 17.1 Å². The highest BCUT2D eigenvalue weighted by molar-refractivity contribution is 5.94. The molecule has 5 nitrogen and oxygen atoms in total. The maximum atomic E-state index is 12.1. The largest absolute Gasteiger partial charge is 0.383 e. The number of hydrogen-bond acceptors (Lipinski definition) is 4. The monoisotopic (exact) mass is 408 g/mol. The molecular formula is C25H36N4O. The minimum absolute atomic E-state index is 0. The second-order valence-electron chi connectivity index (χ2n) is 8.01. The average Bonchev–Trinajstić information content (AvgIpc) is 2.79. The summed E-state index contributed by atoms with van der Waals surface area (Å²) in [6.07, 6.45) is 7.80. The molecule has 2 aliphatic heterocycles. The number of hydrogen-bond donors (Lipinski definition) is 2. The molecule has 0 bridgehead atoms. The van der Waals surface area contributed by atoms with Crippen molar-refractivity contribution in [1.82, 2.24) is 0 Å². The van der Waals surface area contributed by atoms with Gasteiger partial charge in [-0.05, 0) is 74.1 Å². The quantitative estimate of drug-likeness (QED) is 0.616. The number of piperidine rings is 2. The number of nitrogens with one attached hydrogen (secondary N) is 2. The summed E-state index contributed by atoms with van der Waals surface area (Å²) in [6.45, 7) is 2.78. The molecule has 0 aliphatic carbocycles. The van der Waals surface area contributed by atoms with Gasteiger partial charge in [-0.2, -0.15) is 0 Å². The molecule has 2 heterocycles. The van der Waals surface area contributed by atoms with Crippen LogP contribution in [0.25, 0.3) is 0 Å². The molecule has 0 spiro atoms. The molecule has 0 radical (unpaired) electrons. The predicted octanol–water partition coefficient (Wildman–Crippen LogP) is 5.55. The minimum atomic E-state index is 0. The lowest BCUT2D eigenvalue weighted by Crippen LogP contribution is -2.43. The third-order valence-electron chi connectivity index (χ3n) is 6.04. The lowest BCUT2D eigenvalue weighted by Gasteiger charge is -2.38. The molecule has 1 unspecified atom stereocenters. The van der Waals surface area contributed by atoms with E-state index in [1.165, 1.54) is 31.2 Å². The van der Waals surface area contributed by atoms with Crippen LogP contribution in [0.5, 0.6) is 0 Å². The summed E-state index contributed by atoms with van der Waals surface area (Å²) >= 11 is 0. The first-order chi connectivity index (χ1) is 14.2. The fourth-order valence-electron chi connectivity index (χ4n) is 4.42. The fraction of sp³-hybridized carbons (Fsp3) is 0.440. The molecule has 1 atom stereocenters. The van der Waals surface area contributed by atoms with Crippen molar-refractivity contribution < 1.29 is 6.22 Å². The predicted molar refractivity (Wildman–Crippen MR) is 129 cm³/mol. The number of amides is 1. The van der Waals surface area contributed by atoms with Crippen LogP contribution < -0.4 is 15.1 Å². The zero-order valence-corrected chi connectivity index (χ0v) is 16.9. The van der Waals surface area contributed by atoms with Crippen molar-refractivity contribution in [2.45, 2.75) is 52.0 Å². The van der Waals surface area contributed by atoms with Crippen molar-refractivity contribution in [3.05, 3.63) is 54.1 Å². The third-order valence-corrected chi connectivity index (χ3v) is 6.04. The Bertz CT molecular complexity index is 855. The molecule has 4 rings (SSSR count). The van der Waals surface area contributed by atoms with Crippen LogP contribution in [0, 0.1) is 5.41 Å². The summed E-state index contributed by atoms with van der Waals surface area (Å²) in [4.78, 5) is 16.5. The van der Waals surface area contributed by atoms with Gasteiger partial charge in [0.25, 0.3) is 0 Å². The molecule has 30 heavy (non-hydrogen) atoms. The van der Waals surface area contributed by atoms with Crippen LogP contribution >= 0.6 is 0 Å². The molecular weight excluding hydrogens is 372 g/mol. The van der Waals surface area contributed by atoms with Gasteiger partial charge in [0.15, 0.2) is 0 Å². The number of rotatable bonds is 6. The lowest BCUT2D eigenvalue weighted by molar-refractivity contribution is -0.119. The van der Waals surface area contributed by atoms with Crippen LogP contribution in [0.2, 0.25) is 0 Å². The Morgan fingerprint density at radius 1 is 1.03 bits per heavy atom. The fourth-order valence-corrected chi connectivity index (χ4v) is 4.42. The molecule has 5 heteroatoms. The highest BCUT2D eigenvalue weighted by Gasteiger charge is 2.23. The van der Waals surface area contributed by atoms with E-state index >= 15 is 0 Å². The van der Waals surface area contributed by atoms with Crippen molar-refractivity contribution in [3.8, 4) is 0 Å². The van der Waals surface area contributed by atoms with Crippen LogP contribution in [0.3, 0.4) is 0 Å². The zero-order chi connectivity index (χ0) is 20.1. The Morgan fingerprint density at radius 3 is 2.60 bits per heavy atom. The number of benzene rings is 2. The summed E-state index contributed by atoms with van der Waals surface area (Å²) in [5.74, 6) is 0.238. The lowest BCUT2D eigenvalue weighted by atomic mass is 10.0. The normalized spacial score (nSPS) is 19.2. The number of nitrogens with zero attached hydrogens (tertiary/aromatic N) is 2. The van der Waals surface area contributed by atoms with Gasteiger partial charge in [-0.1, -0.05) is 19.6 Å². The highest BCUT2D eigenvalue weighted by atomic mass is 16.2. The summed E-state index contributed by atoms with van der Waals surface area (Å²) in [7, 11) is 0. The SMILES string of the molecule is C.N=Cc1cccc(N2CCCCC2CNc2ccc(N3CCCCC3=O)cc2)c1.[HH]. The molecule has 0 aromatic heterocycles. The Hall–Kier alpha value is -2.82. The Labute approximate surface area is 182 Å². The first-order valence-corrected chi connectivity index (χ1v) is 10.8. The van der Waals surface area contributed by atoms with E-state index in [-0.39, 0.29) is 14.8 Å². The Morgan fingerprint density at radius 2 is 1.83 bits per heavy atom. The second kappa shape index (κ2) is 10.3. The van der Waals surface area contributed by atoms with E-state index in [4.69, 9.17) is 5.41 Å². The van der Waals surface area contributed by atoms with E-state index < -0.39 is 0 Å². The van der Waals surface area contributed by atoms with E-state index in [0.717, 1.165) is 49.4 Å². The zero-order valence-electron chi connectivity index (χ0n) is 16.9. The summed E-state index contributed by atoms with van der Waals surface area (Å²) < 4.78 is 0. The topological polar surface area (TPSA) is 59.4 Å². The van der Waals surface area contributed by atoms with Crippen LogP contribution in [0.1, 0.15) is 52.9 Å². The molecule has 0 saturated carbocycles. The van der Waals surface area contributed by atoms with E-state index in [1.54, 1.807) is 0 Å². The average molecular weight is 409 g/mol. The van der Waals surface area contributed by atoms with Crippen LogP contribution in [-0.2, 0) is 4.79 Å². The van der Waals surface area contributed by atoms with Crippen molar-refractivity contribution in [2.24, 2.45) is 0 Å². The van der Waals surface area contributed by atoms with Crippen molar-refractivity contribution in [1.29, 1.82) is 5.41 Å². The van der Waals surface area contributed by atoms with E-state index in [0.29, 0.717) is 12.5 Å². The maximum absolute atomic E-state index is 12.1. The van der Waals surface area contributed by atoms with E-state index in [9.17, 15) is 4.79 Å². The van der Waals surface area contributed by atoms with Gasteiger partial charge >= 0.3 is 0 Å². The van der Waals surface area contributed by atoms with Gasteiger partial charge in [0.2, 0.25) is 5.91 Å². The molecule has 2 saturated heterocycles. The van der Waals surface area contributed by atoms with Crippen LogP contribution in [-0.4, -0.2) is 37.8 Å². The Kier molecular flexibility index (Phi) is 7.50. The van der Waals surface area contributed by atoms with Gasteiger partial charge in [-0.15, -0.1) is 0 Å². The van der Waals surface area contributed by atoms with Gasteiger partial charge in [-0.25, -0.2) is 0 Å².